The molecule has 0 radical (unpaired) electrons. The molecule has 2 atom stereocenters. The molecule has 5 N–H and O–H groups in total. The van der Waals surface area contributed by atoms with Gasteiger partial charge in [0, 0.05) is 5.57 Å². The van der Waals surface area contributed by atoms with Crippen molar-refractivity contribution >= 4 is 11.9 Å². The monoisotopic (exact) mass is 216 g/mol. The maximum Gasteiger partial charge on any atom is 0.320 e. The number of carbonyl (C=O) groups is 2. The zero-order valence-electron chi connectivity index (χ0n) is 9.49. The molecule has 0 saturated carbocycles. The average Bonchev–Trinajstić information content (AvgIpc) is 2.16. The van der Waals surface area contributed by atoms with Crippen LogP contribution in [0.1, 0.15) is 27.2 Å². The second-order valence-electron chi connectivity index (χ2n) is 3.39. The summed E-state index contributed by atoms with van der Waals surface area (Å²) < 4.78 is 0. The van der Waals surface area contributed by atoms with Gasteiger partial charge in [-0.1, -0.05) is 26.8 Å². The second-order valence-corrected chi connectivity index (χ2v) is 3.39. The third-order valence-electron chi connectivity index (χ3n) is 1.96. The van der Waals surface area contributed by atoms with Crippen molar-refractivity contribution in [1.82, 2.24) is 0 Å². The number of carboxylic acids is 1. The van der Waals surface area contributed by atoms with E-state index in [-0.39, 0.29) is 5.92 Å². The summed E-state index contributed by atoms with van der Waals surface area (Å²) in [6.07, 6.45) is 0.813. The summed E-state index contributed by atoms with van der Waals surface area (Å²) in [5.74, 6) is -1.28. The third kappa shape index (κ3) is 8.96. The Balaban J connectivity index is 0. The van der Waals surface area contributed by atoms with Gasteiger partial charge in [0.1, 0.15) is 6.04 Å². The van der Waals surface area contributed by atoms with E-state index in [9.17, 15) is 9.59 Å². The Bertz CT molecular complexity index is 227. The fourth-order valence-corrected chi connectivity index (χ4v) is 0.497. The van der Waals surface area contributed by atoms with Crippen LogP contribution in [0, 0.1) is 5.92 Å². The molecular formula is C10H20N2O3. The Hall–Kier alpha value is -1.36. The fourth-order valence-electron chi connectivity index (χ4n) is 0.497. The SMILES string of the molecule is C=C(C)C(N)=O.CC[C@@H](C)[C@@H](N)C(=O)O. The van der Waals surface area contributed by atoms with Gasteiger partial charge in [-0.3, -0.25) is 9.59 Å². The van der Waals surface area contributed by atoms with Gasteiger partial charge in [0.25, 0.3) is 0 Å². The molecule has 0 aromatic carbocycles. The van der Waals surface area contributed by atoms with Crippen LogP contribution in [0.25, 0.3) is 0 Å². The number of hydrogen-bond donors (Lipinski definition) is 3. The molecule has 0 fully saturated rings. The van der Waals surface area contributed by atoms with Crippen LogP contribution < -0.4 is 11.5 Å². The molecule has 0 unspecified atom stereocenters. The first-order valence-corrected chi connectivity index (χ1v) is 4.67. The van der Waals surface area contributed by atoms with Crippen LogP contribution in [0.5, 0.6) is 0 Å². The Morgan fingerprint density at radius 3 is 1.87 bits per heavy atom. The van der Waals surface area contributed by atoms with Gasteiger partial charge < -0.3 is 16.6 Å². The van der Waals surface area contributed by atoms with E-state index in [4.69, 9.17) is 16.6 Å². The quantitative estimate of drug-likeness (QED) is 0.594. The lowest BCUT2D eigenvalue weighted by Crippen LogP contribution is -2.36. The predicted molar refractivity (Wildman–Crippen MR) is 59.1 cm³/mol. The molecule has 0 spiro atoms. The van der Waals surface area contributed by atoms with Crippen molar-refractivity contribution in [2.45, 2.75) is 33.2 Å². The van der Waals surface area contributed by atoms with E-state index in [1.165, 1.54) is 0 Å². The van der Waals surface area contributed by atoms with Crippen LogP contribution in [0.2, 0.25) is 0 Å². The zero-order valence-corrected chi connectivity index (χ0v) is 9.49. The molecule has 5 heteroatoms. The van der Waals surface area contributed by atoms with Crippen LogP contribution in [-0.4, -0.2) is 23.0 Å². The standard InChI is InChI=1S/C6H13NO2.C4H7NO/c1-3-4(2)5(7)6(8)9;1-3(2)4(5)6/h4-5H,3,7H2,1-2H3,(H,8,9);1H2,2H3,(H2,5,6)/t4-,5-;/m1./s1. The van der Waals surface area contributed by atoms with E-state index in [1.54, 1.807) is 6.92 Å². The largest absolute Gasteiger partial charge is 0.480 e. The summed E-state index contributed by atoms with van der Waals surface area (Å²) in [6, 6.07) is -0.699. The van der Waals surface area contributed by atoms with Gasteiger partial charge in [0.15, 0.2) is 0 Å². The molecule has 0 aliphatic rings. The Morgan fingerprint density at radius 1 is 1.47 bits per heavy atom. The molecule has 1 amide bonds. The minimum Gasteiger partial charge on any atom is -0.480 e. The van der Waals surface area contributed by atoms with Crippen molar-refractivity contribution in [1.29, 1.82) is 0 Å². The summed E-state index contributed by atoms with van der Waals surface area (Å²) in [4.78, 5) is 20.0. The van der Waals surface area contributed by atoms with Crippen molar-refractivity contribution in [3.63, 3.8) is 0 Å². The van der Waals surface area contributed by atoms with E-state index in [0.29, 0.717) is 5.57 Å². The minimum absolute atomic E-state index is 0.0718. The molecule has 15 heavy (non-hydrogen) atoms. The number of aliphatic carboxylic acids is 1. The predicted octanol–water partition coefficient (Wildman–Crippen LogP) is 0.492. The molecule has 0 saturated heterocycles. The van der Waals surface area contributed by atoms with Crippen molar-refractivity contribution < 1.29 is 14.7 Å². The van der Waals surface area contributed by atoms with Crippen LogP contribution in [0.3, 0.4) is 0 Å². The number of nitrogens with two attached hydrogens (primary N) is 2. The molecule has 0 aromatic rings. The number of primary amides is 1. The van der Waals surface area contributed by atoms with Gasteiger partial charge in [-0.2, -0.15) is 0 Å². The molecule has 5 nitrogen and oxygen atoms in total. The first kappa shape index (κ1) is 16.1. The first-order chi connectivity index (χ1) is 6.73. The summed E-state index contributed by atoms with van der Waals surface area (Å²) in [7, 11) is 0. The summed E-state index contributed by atoms with van der Waals surface area (Å²) >= 11 is 0. The van der Waals surface area contributed by atoms with Gasteiger partial charge in [-0.15, -0.1) is 0 Å². The van der Waals surface area contributed by atoms with Gasteiger partial charge in [0.2, 0.25) is 5.91 Å². The van der Waals surface area contributed by atoms with Crippen LogP contribution in [0.15, 0.2) is 12.2 Å². The number of amides is 1. The lowest BCUT2D eigenvalue weighted by Gasteiger charge is -2.11. The van der Waals surface area contributed by atoms with E-state index >= 15 is 0 Å². The van der Waals surface area contributed by atoms with Gasteiger partial charge in [0.05, 0.1) is 0 Å². The lowest BCUT2D eigenvalue weighted by molar-refractivity contribution is -0.139. The Morgan fingerprint density at radius 2 is 1.80 bits per heavy atom. The highest BCUT2D eigenvalue weighted by molar-refractivity contribution is 5.90. The van der Waals surface area contributed by atoms with Crippen molar-refractivity contribution in [3.05, 3.63) is 12.2 Å². The highest BCUT2D eigenvalue weighted by Crippen LogP contribution is 2.04. The zero-order chi connectivity index (χ0) is 12.6. The summed E-state index contributed by atoms with van der Waals surface area (Å²) in [6.45, 7) is 8.61. The Labute approximate surface area is 90.1 Å². The molecule has 0 aliphatic heterocycles. The van der Waals surface area contributed by atoms with E-state index < -0.39 is 17.9 Å². The number of carbonyl (C=O) groups excluding carboxylic acids is 1. The molecule has 0 aliphatic carbocycles. The highest BCUT2D eigenvalue weighted by atomic mass is 16.4. The maximum absolute atomic E-state index is 10.2. The average molecular weight is 216 g/mol. The van der Waals surface area contributed by atoms with Crippen LogP contribution in [0.4, 0.5) is 0 Å². The smallest absolute Gasteiger partial charge is 0.320 e. The maximum atomic E-state index is 10.2. The topological polar surface area (TPSA) is 106 Å². The van der Waals surface area contributed by atoms with Crippen molar-refractivity contribution in [2.24, 2.45) is 17.4 Å². The van der Waals surface area contributed by atoms with Gasteiger partial charge in [-0.05, 0) is 12.8 Å². The lowest BCUT2D eigenvalue weighted by atomic mass is 10.0. The van der Waals surface area contributed by atoms with Gasteiger partial charge in [-0.25, -0.2) is 0 Å². The second kappa shape index (κ2) is 7.99. The van der Waals surface area contributed by atoms with Crippen molar-refractivity contribution in [2.75, 3.05) is 0 Å². The molecule has 0 heterocycles. The molecule has 88 valence electrons. The number of rotatable bonds is 4. The van der Waals surface area contributed by atoms with E-state index in [0.717, 1.165) is 6.42 Å². The van der Waals surface area contributed by atoms with Crippen LogP contribution >= 0.6 is 0 Å². The number of hydrogen-bond acceptors (Lipinski definition) is 3. The first-order valence-electron chi connectivity index (χ1n) is 4.67. The van der Waals surface area contributed by atoms with E-state index in [1.807, 2.05) is 13.8 Å². The minimum atomic E-state index is -0.913. The summed E-state index contributed by atoms with van der Waals surface area (Å²) in [5, 5.41) is 8.36. The normalized spacial score (nSPS) is 13.1. The van der Waals surface area contributed by atoms with E-state index in [2.05, 4.69) is 6.58 Å². The fraction of sp³-hybridized carbons (Fsp3) is 0.600. The van der Waals surface area contributed by atoms with Crippen molar-refractivity contribution in [3.8, 4) is 0 Å². The Kier molecular flexibility index (Phi) is 8.57. The van der Waals surface area contributed by atoms with Gasteiger partial charge >= 0.3 is 5.97 Å². The molecule has 0 bridgehead atoms. The number of carboxylic acid groups (broad SMARTS) is 1. The summed E-state index contributed by atoms with van der Waals surface area (Å²) in [5.41, 5.74) is 10.4. The molecule has 0 rings (SSSR count). The van der Waals surface area contributed by atoms with Crippen LogP contribution in [-0.2, 0) is 9.59 Å². The molecular weight excluding hydrogens is 196 g/mol. The highest BCUT2D eigenvalue weighted by Gasteiger charge is 2.17. The molecule has 0 aromatic heterocycles. The third-order valence-corrected chi connectivity index (χ3v) is 1.96.